The van der Waals surface area contributed by atoms with E-state index in [9.17, 15) is 29.4 Å². The van der Waals surface area contributed by atoms with E-state index in [-0.39, 0.29) is 31.3 Å². The van der Waals surface area contributed by atoms with Gasteiger partial charge in [-0.25, -0.2) is 4.79 Å². The molecule has 0 aliphatic carbocycles. The largest absolute Gasteiger partial charge is 0.480 e. The lowest BCUT2D eigenvalue weighted by molar-refractivity contribution is -0.142. The number of carboxylic acid groups (broad SMARTS) is 1. The Labute approximate surface area is 232 Å². The van der Waals surface area contributed by atoms with Gasteiger partial charge in [-0.3, -0.25) is 19.4 Å². The Morgan fingerprint density at radius 1 is 1.00 bits per heavy atom. The SMILES string of the molecule is CCC(C)C(N)C(=O)NC(CCCN=C(N)N)C(=O)NC(CO)C(=O)NC(Cc1c[nH]c2ccccc12)C(=O)O. The molecule has 5 atom stereocenters. The summed E-state index contributed by atoms with van der Waals surface area (Å²) in [7, 11) is 0. The van der Waals surface area contributed by atoms with Gasteiger partial charge in [-0.1, -0.05) is 38.5 Å². The number of nitrogens with two attached hydrogens (primary N) is 3. The Morgan fingerprint density at radius 2 is 1.62 bits per heavy atom. The molecular weight excluding hydrogens is 520 g/mol. The van der Waals surface area contributed by atoms with Crippen LogP contribution in [0.25, 0.3) is 10.9 Å². The highest BCUT2D eigenvalue weighted by Crippen LogP contribution is 2.19. The summed E-state index contributed by atoms with van der Waals surface area (Å²) >= 11 is 0. The number of aliphatic carboxylic acids is 1. The maximum atomic E-state index is 13.1. The molecule has 2 aromatic rings. The number of aromatic nitrogens is 1. The molecule has 14 nitrogen and oxygen atoms in total. The minimum Gasteiger partial charge on any atom is -0.480 e. The molecule has 0 aliphatic rings. The van der Waals surface area contributed by atoms with Gasteiger partial charge in [0.2, 0.25) is 17.7 Å². The summed E-state index contributed by atoms with van der Waals surface area (Å²) in [4.78, 5) is 57.5. The third-order valence-corrected chi connectivity index (χ3v) is 6.67. The van der Waals surface area contributed by atoms with Crippen LogP contribution in [0.5, 0.6) is 0 Å². The molecule has 40 heavy (non-hydrogen) atoms. The molecule has 0 fully saturated rings. The molecule has 12 N–H and O–H groups in total. The van der Waals surface area contributed by atoms with E-state index in [1.165, 1.54) is 0 Å². The van der Waals surface area contributed by atoms with E-state index in [2.05, 4.69) is 25.9 Å². The smallest absolute Gasteiger partial charge is 0.326 e. The number of aliphatic hydroxyl groups excluding tert-OH is 1. The number of hydrogen-bond acceptors (Lipinski definition) is 7. The maximum absolute atomic E-state index is 13.1. The van der Waals surface area contributed by atoms with Crippen molar-refractivity contribution in [3.63, 3.8) is 0 Å². The van der Waals surface area contributed by atoms with Crippen LogP contribution in [0.2, 0.25) is 0 Å². The zero-order chi connectivity index (χ0) is 29.8. The van der Waals surface area contributed by atoms with Crippen LogP contribution in [0, 0.1) is 5.92 Å². The van der Waals surface area contributed by atoms with E-state index in [0.717, 1.165) is 10.9 Å². The number of guanidine groups is 1. The summed E-state index contributed by atoms with van der Waals surface area (Å²) in [5.74, 6) is -3.76. The van der Waals surface area contributed by atoms with Crippen LogP contribution in [0.15, 0.2) is 35.5 Å². The highest BCUT2D eigenvalue weighted by molar-refractivity contribution is 5.94. The Balaban J connectivity index is 2.12. The molecule has 0 radical (unpaired) electrons. The average Bonchev–Trinajstić information content (AvgIpc) is 3.34. The fourth-order valence-electron chi connectivity index (χ4n) is 4.01. The van der Waals surface area contributed by atoms with Gasteiger partial charge >= 0.3 is 5.97 Å². The van der Waals surface area contributed by atoms with Crippen molar-refractivity contribution < 1.29 is 29.4 Å². The maximum Gasteiger partial charge on any atom is 0.326 e. The van der Waals surface area contributed by atoms with E-state index < -0.39 is 54.5 Å². The van der Waals surface area contributed by atoms with Gasteiger partial charge in [0.1, 0.15) is 18.1 Å². The number of para-hydroxylation sites is 1. The third kappa shape index (κ3) is 9.24. The second kappa shape index (κ2) is 15.4. The van der Waals surface area contributed by atoms with Crippen LogP contribution < -0.4 is 33.2 Å². The van der Waals surface area contributed by atoms with Crippen molar-refractivity contribution in [1.82, 2.24) is 20.9 Å². The van der Waals surface area contributed by atoms with Crippen molar-refractivity contribution >= 4 is 40.6 Å². The lowest BCUT2D eigenvalue weighted by Crippen LogP contribution is -2.58. The van der Waals surface area contributed by atoms with Gasteiger partial charge in [0.25, 0.3) is 0 Å². The Kier molecular flexibility index (Phi) is 12.4. The van der Waals surface area contributed by atoms with Crippen molar-refractivity contribution in [3.05, 3.63) is 36.0 Å². The number of carbonyl (C=O) groups is 4. The number of carbonyl (C=O) groups excluding carboxylic acids is 3. The number of benzene rings is 1. The third-order valence-electron chi connectivity index (χ3n) is 6.67. The normalized spacial score (nSPS) is 14.8. The zero-order valence-corrected chi connectivity index (χ0v) is 22.7. The topological polar surface area (TPSA) is 251 Å². The molecular formula is C26H40N8O6. The first-order valence-electron chi connectivity index (χ1n) is 13.1. The number of amides is 3. The summed E-state index contributed by atoms with van der Waals surface area (Å²) in [5, 5.41) is 27.8. The zero-order valence-electron chi connectivity index (χ0n) is 22.7. The van der Waals surface area contributed by atoms with Crippen molar-refractivity contribution in [1.29, 1.82) is 0 Å². The van der Waals surface area contributed by atoms with Gasteiger partial charge in [-0.05, 0) is 30.4 Å². The van der Waals surface area contributed by atoms with Crippen molar-refractivity contribution in [3.8, 4) is 0 Å². The quantitative estimate of drug-likeness (QED) is 0.0669. The predicted molar refractivity (Wildman–Crippen MR) is 150 cm³/mol. The molecule has 0 saturated carbocycles. The van der Waals surface area contributed by atoms with Gasteiger partial charge in [0.05, 0.1) is 12.6 Å². The van der Waals surface area contributed by atoms with Gasteiger partial charge < -0.3 is 48.3 Å². The Bertz CT molecular complexity index is 1190. The lowest BCUT2D eigenvalue weighted by atomic mass is 9.98. The molecule has 0 bridgehead atoms. The molecule has 0 aliphatic heterocycles. The first-order chi connectivity index (χ1) is 19.0. The standard InChI is InChI=1S/C26H40N8O6/c1-3-14(2)21(27)24(38)32-18(9-6-10-30-26(28)29)22(36)34-20(13-35)23(37)33-19(25(39)40)11-15-12-31-17-8-5-4-7-16(15)17/h4-5,7-8,12,14,18-21,31,35H,3,6,9-11,13,27H2,1-2H3,(H,32,38)(H,33,37)(H,34,36)(H,39,40)(H4,28,29,30). The molecule has 0 saturated heterocycles. The molecule has 1 heterocycles. The Morgan fingerprint density at radius 3 is 2.25 bits per heavy atom. The number of rotatable bonds is 16. The highest BCUT2D eigenvalue weighted by atomic mass is 16.4. The lowest BCUT2D eigenvalue weighted by Gasteiger charge is -2.25. The van der Waals surface area contributed by atoms with E-state index >= 15 is 0 Å². The number of H-pyrrole nitrogens is 1. The van der Waals surface area contributed by atoms with Gasteiger partial charge in [-0.15, -0.1) is 0 Å². The molecule has 2 rings (SSSR count). The minimum absolute atomic E-state index is 0.0336. The number of nitrogens with one attached hydrogen (secondary N) is 4. The number of aliphatic hydroxyl groups is 1. The first-order valence-corrected chi connectivity index (χ1v) is 13.1. The molecule has 0 spiro atoms. The molecule has 5 unspecified atom stereocenters. The summed E-state index contributed by atoms with van der Waals surface area (Å²) in [6.07, 6.45) is 2.70. The van der Waals surface area contributed by atoms with Crippen molar-refractivity contribution in [2.45, 2.75) is 63.7 Å². The minimum atomic E-state index is -1.47. The van der Waals surface area contributed by atoms with E-state index in [1.807, 2.05) is 31.2 Å². The first kappa shape index (κ1) is 32.0. The van der Waals surface area contributed by atoms with Crippen LogP contribution in [0.4, 0.5) is 0 Å². The highest BCUT2D eigenvalue weighted by Gasteiger charge is 2.31. The summed E-state index contributed by atoms with van der Waals surface area (Å²) in [6.45, 7) is 3.07. The fourth-order valence-corrected chi connectivity index (χ4v) is 4.01. The van der Waals surface area contributed by atoms with Crippen LogP contribution in [0.1, 0.15) is 38.7 Å². The second-order valence-electron chi connectivity index (χ2n) is 9.63. The molecule has 1 aromatic heterocycles. The predicted octanol–water partition coefficient (Wildman–Crippen LogP) is -1.33. The summed E-state index contributed by atoms with van der Waals surface area (Å²) in [5.41, 5.74) is 18.2. The number of hydrogen-bond donors (Lipinski definition) is 9. The molecule has 220 valence electrons. The van der Waals surface area contributed by atoms with Gasteiger partial charge in [0, 0.05) is 30.1 Å². The molecule has 14 heteroatoms. The summed E-state index contributed by atoms with van der Waals surface area (Å²) < 4.78 is 0. The van der Waals surface area contributed by atoms with Crippen LogP contribution in [-0.4, -0.2) is 82.2 Å². The monoisotopic (exact) mass is 560 g/mol. The van der Waals surface area contributed by atoms with Crippen LogP contribution in [0.3, 0.4) is 0 Å². The van der Waals surface area contributed by atoms with E-state index in [4.69, 9.17) is 17.2 Å². The van der Waals surface area contributed by atoms with Crippen LogP contribution >= 0.6 is 0 Å². The Hall–Kier alpha value is -4.17. The number of fused-ring (bicyclic) bond motifs is 1. The number of aliphatic imine (C=N–C) groups is 1. The number of aromatic amines is 1. The summed E-state index contributed by atoms with van der Waals surface area (Å²) in [6, 6.07) is 2.53. The molecule has 1 aromatic carbocycles. The number of nitrogens with zero attached hydrogens (tertiary/aromatic N) is 1. The molecule has 3 amide bonds. The van der Waals surface area contributed by atoms with Crippen LogP contribution in [-0.2, 0) is 25.6 Å². The second-order valence-corrected chi connectivity index (χ2v) is 9.63. The van der Waals surface area contributed by atoms with Crippen molar-refractivity contribution in [2.24, 2.45) is 28.1 Å². The van der Waals surface area contributed by atoms with E-state index in [0.29, 0.717) is 18.4 Å². The fraction of sp³-hybridized carbons (Fsp3) is 0.500. The van der Waals surface area contributed by atoms with E-state index in [1.54, 1.807) is 13.1 Å². The average molecular weight is 561 g/mol. The van der Waals surface area contributed by atoms with Crippen molar-refractivity contribution in [2.75, 3.05) is 13.2 Å². The van der Waals surface area contributed by atoms with Gasteiger partial charge in [0.15, 0.2) is 5.96 Å². The number of carboxylic acids is 1. The van der Waals surface area contributed by atoms with Gasteiger partial charge in [-0.2, -0.15) is 0 Å².